The van der Waals surface area contributed by atoms with Crippen molar-refractivity contribution >= 4 is 10.0 Å². The predicted octanol–water partition coefficient (Wildman–Crippen LogP) is 2.45. The summed E-state index contributed by atoms with van der Waals surface area (Å²) in [6, 6.07) is 14.0. The fraction of sp³-hybridized carbons (Fsp3) is 0.476. The van der Waals surface area contributed by atoms with E-state index in [2.05, 4.69) is 16.0 Å². The lowest BCUT2D eigenvalue weighted by atomic mass is 9.88. The van der Waals surface area contributed by atoms with E-state index in [1.54, 1.807) is 17.6 Å². The first-order chi connectivity index (χ1) is 13.6. The van der Waals surface area contributed by atoms with Gasteiger partial charge in [0.2, 0.25) is 10.0 Å². The van der Waals surface area contributed by atoms with Crippen LogP contribution in [-0.2, 0) is 20.5 Å². The molecule has 6 nitrogen and oxygen atoms in total. The molecule has 2 aliphatic heterocycles. The van der Waals surface area contributed by atoms with E-state index in [1.165, 1.54) is 5.56 Å². The Balaban J connectivity index is 1.39. The Labute approximate surface area is 167 Å². The van der Waals surface area contributed by atoms with Gasteiger partial charge in [0.1, 0.15) is 0 Å². The van der Waals surface area contributed by atoms with Gasteiger partial charge in [0.15, 0.2) is 0 Å². The standard InChI is InChI=1S/C21H27N3O3S/c1-27-20-15-24(21(20)18-8-5-11-22-14-18)19-9-12-23(13-10-19)28(25,26)16-17-6-3-2-4-7-17/h2-8,11,14,19-21H,9-10,12-13,15-16H2,1H3/t20-,21-/m0/s1. The van der Waals surface area contributed by atoms with Crippen molar-refractivity contribution in [1.29, 1.82) is 0 Å². The smallest absolute Gasteiger partial charge is 0.218 e. The van der Waals surface area contributed by atoms with Crippen molar-refractivity contribution in [2.75, 3.05) is 26.7 Å². The SMILES string of the molecule is CO[C@H]1CN(C2CCN(S(=O)(=O)Cc3ccccc3)CC2)[C@H]1c1cccnc1. The molecule has 0 unspecified atom stereocenters. The van der Waals surface area contributed by atoms with Gasteiger partial charge in [-0.15, -0.1) is 0 Å². The second kappa shape index (κ2) is 8.29. The summed E-state index contributed by atoms with van der Waals surface area (Å²) in [5, 5.41) is 0. The van der Waals surface area contributed by atoms with Gasteiger partial charge in [0.05, 0.1) is 17.9 Å². The number of likely N-dealkylation sites (tertiary alicyclic amines) is 1. The van der Waals surface area contributed by atoms with Crippen molar-refractivity contribution in [3.8, 4) is 0 Å². The maximum absolute atomic E-state index is 12.8. The molecule has 0 aliphatic carbocycles. The van der Waals surface area contributed by atoms with E-state index >= 15 is 0 Å². The summed E-state index contributed by atoms with van der Waals surface area (Å²) in [5.41, 5.74) is 2.01. The molecule has 3 heterocycles. The number of rotatable bonds is 6. The number of hydrogen-bond donors (Lipinski definition) is 0. The Morgan fingerprint density at radius 3 is 2.50 bits per heavy atom. The number of piperidine rings is 1. The number of aromatic nitrogens is 1. The number of sulfonamides is 1. The summed E-state index contributed by atoms with van der Waals surface area (Å²) >= 11 is 0. The number of methoxy groups -OCH3 is 1. The van der Waals surface area contributed by atoms with Crippen molar-refractivity contribution in [2.24, 2.45) is 0 Å². The first-order valence-corrected chi connectivity index (χ1v) is 11.4. The molecule has 0 N–H and O–H groups in total. The van der Waals surface area contributed by atoms with E-state index in [1.807, 2.05) is 42.6 Å². The van der Waals surface area contributed by atoms with Crippen LogP contribution in [-0.4, -0.2) is 61.5 Å². The Morgan fingerprint density at radius 1 is 1.11 bits per heavy atom. The van der Waals surface area contributed by atoms with E-state index < -0.39 is 10.0 Å². The largest absolute Gasteiger partial charge is 0.378 e. The molecular formula is C21H27N3O3S. The van der Waals surface area contributed by atoms with E-state index in [-0.39, 0.29) is 17.9 Å². The second-order valence-corrected chi connectivity index (χ2v) is 9.54. The normalized spacial score (nSPS) is 24.8. The zero-order valence-electron chi connectivity index (χ0n) is 16.1. The van der Waals surface area contributed by atoms with Gasteiger partial charge in [-0.2, -0.15) is 0 Å². The lowest BCUT2D eigenvalue weighted by molar-refractivity contribution is -0.114. The maximum atomic E-state index is 12.8. The summed E-state index contributed by atoms with van der Waals surface area (Å²) in [6.07, 6.45) is 5.55. The molecule has 1 aromatic carbocycles. The number of ether oxygens (including phenoxy) is 1. The fourth-order valence-corrected chi connectivity index (χ4v) is 5.92. The summed E-state index contributed by atoms with van der Waals surface area (Å²) < 4.78 is 32.9. The minimum Gasteiger partial charge on any atom is -0.378 e. The van der Waals surface area contributed by atoms with Crippen LogP contribution in [0.15, 0.2) is 54.9 Å². The monoisotopic (exact) mass is 401 g/mol. The molecule has 2 aromatic rings. The third-order valence-corrected chi connectivity index (χ3v) is 7.76. The number of pyridine rings is 1. The summed E-state index contributed by atoms with van der Waals surface area (Å²) in [7, 11) is -1.52. The lowest BCUT2D eigenvalue weighted by Crippen LogP contribution is -2.60. The van der Waals surface area contributed by atoms with Crippen LogP contribution in [0, 0.1) is 0 Å². The van der Waals surface area contributed by atoms with Crippen molar-refractivity contribution in [1.82, 2.24) is 14.2 Å². The average molecular weight is 402 g/mol. The second-order valence-electron chi connectivity index (χ2n) is 7.57. The molecule has 1 aromatic heterocycles. The Hall–Kier alpha value is -1.80. The molecule has 4 rings (SSSR count). The highest BCUT2D eigenvalue weighted by atomic mass is 32.2. The van der Waals surface area contributed by atoms with Gasteiger partial charge >= 0.3 is 0 Å². The molecule has 2 aliphatic rings. The average Bonchev–Trinajstić information content (AvgIpc) is 2.69. The van der Waals surface area contributed by atoms with Gasteiger partial charge in [-0.25, -0.2) is 12.7 Å². The van der Waals surface area contributed by atoms with E-state index in [0.29, 0.717) is 19.1 Å². The molecule has 7 heteroatoms. The Kier molecular flexibility index (Phi) is 5.78. The molecule has 2 atom stereocenters. The first-order valence-electron chi connectivity index (χ1n) is 9.79. The number of benzene rings is 1. The molecule has 150 valence electrons. The molecule has 0 amide bonds. The van der Waals surface area contributed by atoms with Crippen LogP contribution < -0.4 is 0 Å². The minimum atomic E-state index is -3.28. The van der Waals surface area contributed by atoms with E-state index in [0.717, 1.165) is 24.9 Å². The van der Waals surface area contributed by atoms with Gasteiger partial charge in [0.25, 0.3) is 0 Å². The molecule has 0 bridgehead atoms. The van der Waals surface area contributed by atoms with E-state index in [9.17, 15) is 8.42 Å². The van der Waals surface area contributed by atoms with Gasteiger partial charge in [-0.1, -0.05) is 36.4 Å². The minimum absolute atomic E-state index is 0.0757. The van der Waals surface area contributed by atoms with Crippen LogP contribution in [0.1, 0.15) is 30.0 Å². The van der Waals surface area contributed by atoms with Crippen LogP contribution in [0.4, 0.5) is 0 Å². The third kappa shape index (κ3) is 3.98. The predicted molar refractivity (Wildman–Crippen MR) is 108 cm³/mol. The summed E-state index contributed by atoms with van der Waals surface area (Å²) in [5.74, 6) is 0.0757. The zero-order chi connectivity index (χ0) is 19.6. The van der Waals surface area contributed by atoms with Crippen molar-refractivity contribution in [3.05, 3.63) is 66.0 Å². The van der Waals surface area contributed by atoms with Crippen LogP contribution in [0.3, 0.4) is 0 Å². The molecule has 0 spiro atoms. The van der Waals surface area contributed by atoms with Gasteiger partial charge in [0, 0.05) is 45.2 Å². The molecule has 2 saturated heterocycles. The molecule has 2 fully saturated rings. The fourth-order valence-electron chi connectivity index (χ4n) is 4.36. The highest BCUT2D eigenvalue weighted by Gasteiger charge is 2.45. The van der Waals surface area contributed by atoms with E-state index in [4.69, 9.17) is 4.74 Å². The van der Waals surface area contributed by atoms with Crippen LogP contribution in [0.25, 0.3) is 0 Å². The molecule has 0 radical (unpaired) electrons. The highest BCUT2D eigenvalue weighted by Crippen LogP contribution is 2.39. The summed E-state index contributed by atoms with van der Waals surface area (Å²) in [6.45, 7) is 2.04. The Bertz CT molecular complexity index is 868. The van der Waals surface area contributed by atoms with Crippen molar-refractivity contribution in [2.45, 2.75) is 36.8 Å². The van der Waals surface area contributed by atoms with Crippen molar-refractivity contribution in [3.63, 3.8) is 0 Å². The molecule has 28 heavy (non-hydrogen) atoms. The van der Waals surface area contributed by atoms with Crippen molar-refractivity contribution < 1.29 is 13.2 Å². The molecular weight excluding hydrogens is 374 g/mol. The van der Waals surface area contributed by atoms with Crippen LogP contribution in [0.5, 0.6) is 0 Å². The third-order valence-electron chi connectivity index (χ3n) is 5.91. The number of nitrogens with zero attached hydrogens (tertiary/aromatic N) is 3. The quantitative estimate of drug-likeness (QED) is 0.744. The molecule has 0 saturated carbocycles. The van der Waals surface area contributed by atoms with Crippen LogP contribution >= 0.6 is 0 Å². The first kappa shape index (κ1) is 19.5. The maximum Gasteiger partial charge on any atom is 0.218 e. The topological polar surface area (TPSA) is 62.7 Å². The van der Waals surface area contributed by atoms with Gasteiger partial charge < -0.3 is 4.74 Å². The highest BCUT2D eigenvalue weighted by molar-refractivity contribution is 7.88. The zero-order valence-corrected chi connectivity index (χ0v) is 17.0. The van der Waals surface area contributed by atoms with Crippen LogP contribution in [0.2, 0.25) is 0 Å². The van der Waals surface area contributed by atoms with Gasteiger partial charge in [-0.05, 0) is 30.0 Å². The summed E-state index contributed by atoms with van der Waals surface area (Å²) in [4.78, 5) is 6.70. The Morgan fingerprint density at radius 2 is 1.86 bits per heavy atom. The number of hydrogen-bond acceptors (Lipinski definition) is 5. The van der Waals surface area contributed by atoms with Gasteiger partial charge in [-0.3, -0.25) is 9.88 Å². The lowest BCUT2D eigenvalue weighted by Gasteiger charge is -2.52.